The summed E-state index contributed by atoms with van der Waals surface area (Å²) in [5.41, 5.74) is -1.17. The van der Waals surface area contributed by atoms with Crippen molar-refractivity contribution in [2.75, 3.05) is 20.6 Å². The molecule has 1 rings (SSSR count). The highest BCUT2D eigenvalue weighted by atomic mass is 19.4. The van der Waals surface area contributed by atoms with Gasteiger partial charge >= 0.3 is 12.3 Å². The van der Waals surface area contributed by atoms with Gasteiger partial charge in [0.1, 0.15) is 17.2 Å². The summed E-state index contributed by atoms with van der Waals surface area (Å²) >= 11 is 0. The molecule has 1 heterocycles. The molecule has 0 N–H and O–H groups in total. The Morgan fingerprint density at radius 2 is 1.86 bits per heavy atom. The summed E-state index contributed by atoms with van der Waals surface area (Å²) in [6.45, 7) is 4.04. The first-order valence-electron chi connectivity index (χ1n) is 6.32. The molecule has 0 spiro atoms. The maximum Gasteiger partial charge on any atom is 0.414 e. The van der Waals surface area contributed by atoms with Crippen LogP contribution in [0.25, 0.3) is 0 Å². The molecule has 1 amide bonds. The molecule has 1 unspecified atom stereocenters. The lowest BCUT2D eigenvalue weighted by Gasteiger charge is -2.25. The molecule has 0 bridgehead atoms. The molecule has 120 valence electrons. The van der Waals surface area contributed by atoms with Crippen LogP contribution in [0.3, 0.4) is 0 Å². The number of ketones is 1. The number of nitrogens with zero attached hydrogens (tertiary/aromatic N) is 2. The maximum atomic E-state index is 12.9. The Labute approximate surface area is 121 Å². The number of allylic oxidation sites excluding steroid dienone is 1. The molecule has 1 atom stereocenters. The predicted octanol–water partition coefficient (Wildman–Crippen LogP) is 2.39. The van der Waals surface area contributed by atoms with Gasteiger partial charge in [0.05, 0.1) is 0 Å². The molecule has 0 radical (unpaired) electrons. The van der Waals surface area contributed by atoms with Crippen LogP contribution in [-0.2, 0) is 9.53 Å². The van der Waals surface area contributed by atoms with Gasteiger partial charge < -0.3 is 9.64 Å². The van der Waals surface area contributed by atoms with Crippen LogP contribution < -0.4 is 0 Å². The summed E-state index contributed by atoms with van der Waals surface area (Å²) in [5.74, 6) is -3.33. The summed E-state index contributed by atoms with van der Waals surface area (Å²) in [7, 11) is 3.10. The quantitative estimate of drug-likeness (QED) is 0.698. The van der Waals surface area contributed by atoms with Gasteiger partial charge in [-0.2, -0.15) is 13.2 Å². The smallest absolute Gasteiger partial charge is 0.414 e. The van der Waals surface area contributed by atoms with Crippen molar-refractivity contribution in [3.05, 3.63) is 11.9 Å². The second-order valence-electron chi connectivity index (χ2n) is 6.03. The van der Waals surface area contributed by atoms with E-state index in [0.29, 0.717) is 0 Å². The van der Waals surface area contributed by atoms with Gasteiger partial charge in [-0.1, -0.05) is 0 Å². The number of halogens is 3. The van der Waals surface area contributed by atoms with Gasteiger partial charge in [-0.05, 0) is 20.8 Å². The minimum absolute atomic E-state index is 0.309. The Bertz CT molecular complexity index is 464. The Hall–Kier alpha value is -1.73. The van der Waals surface area contributed by atoms with E-state index in [-0.39, 0.29) is 5.70 Å². The van der Waals surface area contributed by atoms with Gasteiger partial charge in [0.2, 0.25) is 0 Å². The number of Topliss-reactive ketones (excluding diaryl/α,β-unsaturated/α-hetero) is 1. The van der Waals surface area contributed by atoms with Crippen LogP contribution in [0.5, 0.6) is 0 Å². The summed E-state index contributed by atoms with van der Waals surface area (Å²) in [5, 5.41) is 0. The van der Waals surface area contributed by atoms with Crippen molar-refractivity contribution >= 4 is 11.9 Å². The van der Waals surface area contributed by atoms with E-state index in [1.165, 1.54) is 11.1 Å². The van der Waals surface area contributed by atoms with Crippen LogP contribution in [0, 0.1) is 5.92 Å². The fourth-order valence-electron chi connectivity index (χ4n) is 1.80. The van der Waals surface area contributed by atoms with Gasteiger partial charge in [0.25, 0.3) is 0 Å². The van der Waals surface area contributed by atoms with Gasteiger partial charge in [-0.15, -0.1) is 0 Å². The zero-order valence-corrected chi connectivity index (χ0v) is 12.6. The van der Waals surface area contributed by atoms with Gasteiger partial charge in [0.15, 0.2) is 5.78 Å². The highest BCUT2D eigenvalue weighted by Crippen LogP contribution is 2.36. The standard InChI is InChI=1S/C13H19F3N2O3/c1-12(2,3)21-11(20)18-6-8(13(14,15)16)10(19)9(18)7-17(4)5/h7-8H,6H2,1-5H3. The molecule has 1 fully saturated rings. The molecule has 1 saturated heterocycles. The lowest BCUT2D eigenvalue weighted by Crippen LogP contribution is -2.36. The predicted molar refractivity (Wildman–Crippen MR) is 69.3 cm³/mol. The third kappa shape index (κ3) is 4.37. The van der Waals surface area contributed by atoms with Crippen LogP contribution >= 0.6 is 0 Å². The fraction of sp³-hybridized carbons (Fsp3) is 0.692. The number of carbonyl (C=O) groups excluding carboxylic acids is 2. The van der Waals surface area contributed by atoms with Crippen LogP contribution in [0.4, 0.5) is 18.0 Å². The Balaban J connectivity index is 3.11. The first-order valence-corrected chi connectivity index (χ1v) is 6.32. The van der Waals surface area contributed by atoms with Gasteiger partial charge in [0, 0.05) is 26.8 Å². The highest BCUT2D eigenvalue weighted by molar-refractivity contribution is 6.02. The van der Waals surface area contributed by atoms with Crippen LogP contribution in [-0.4, -0.2) is 54.1 Å². The molecule has 1 aliphatic heterocycles. The second-order valence-corrected chi connectivity index (χ2v) is 6.03. The Kier molecular flexibility index (Phi) is 4.60. The average molecular weight is 308 g/mol. The van der Waals surface area contributed by atoms with Crippen molar-refractivity contribution in [3.63, 3.8) is 0 Å². The van der Waals surface area contributed by atoms with E-state index in [0.717, 1.165) is 4.90 Å². The van der Waals surface area contributed by atoms with E-state index in [2.05, 4.69) is 0 Å². The van der Waals surface area contributed by atoms with Crippen LogP contribution in [0.2, 0.25) is 0 Å². The topological polar surface area (TPSA) is 49.9 Å². The summed E-state index contributed by atoms with van der Waals surface area (Å²) in [4.78, 5) is 26.0. The lowest BCUT2D eigenvalue weighted by molar-refractivity contribution is -0.175. The van der Waals surface area contributed by atoms with Crippen molar-refractivity contribution in [2.24, 2.45) is 5.92 Å². The van der Waals surface area contributed by atoms with Gasteiger partial charge in [-0.3, -0.25) is 9.69 Å². The maximum absolute atomic E-state index is 12.9. The average Bonchev–Trinajstić information content (AvgIpc) is 2.52. The molecule has 21 heavy (non-hydrogen) atoms. The van der Waals surface area contributed by atoms with E-state index >= 15 is 0 Å². The van der Waals surface area contributed by atoms with Gasteiger partial charge in [-0.25, -0.2) is 4.79 Å². The molecular weight excluding hydrogens is 289 g/mol. The Morgan fingerprint density at radius 1 is 1.33 bits per heavy atom. The SMILES string of the molecule is CN(C)C=C1C(=O)C(C(F)(F)F)CN1C(=O)OC(C)(C)C. The number of likely N-dealkylation sites (tertiary alicyclic amines) is 1. The van der Waals surface area contributed by atoms with Crippen molar-refractivity contribution < 1.29 is 27.5 Å². The Morgan fingerprint density at radius 3 is 2.24 bits per heavy atom. The molecule has 0 aromatic heterocycles. The van der Waals surface area contributed by atoms with E-state index in [9.17, 15) is 22.8 Å². The normalized spacial score (nSPS) is 21.9. The monoisotopic (exact) mass is 308 g/mol. The van der Waals surface area contributed by atoms with E-state index in [1.807, 2.05) is 0 Å². The van der Waals surface area contributed by atoms with Crippen LogP contribution in [0.15, 0.2) is 11.9 Å². The minimum Gasteiger partial charge on any atom is -0.443 e. The molecule has 8 heteroatoms. The number of alkyl halides is 3. The lowest BCUT2D eigenvalue weighted by atomic mass is 10.1. The van der Waals surface area contributed by atoms with Crippen molar-refractivity contribution in [2.45, 2.75) is 32.5 Å². The first kappa shape index (κ1) is 17.3. The number of rotatable bonds is 1. The molecule has 0 aliphatic carbocycles. The van der Waals surface area contributed by atoms with E-state index in [1.54, 1.807) is 34.9 Å². The van der Waals surface area contributed by atoms with Crippen molar-refractivity contribution in [3.8, 4) is 0 Å². The summed E-state index contributed by atoms with van der Waals surface area (Å²) < 4.78 is 43.6. The zero-order valence-electron chi connectivity index (χ0n) is 12.6. The van der Waals surface area contributed by atoms with Crippen LogP contribution in [0.1, 0.15) is 20.8 Å². The number of amides is 1. The van der Waals surface area contributed by atoms with Crippen molar-refractivity contribution in [1.29, 1.82) is 0 Å². The van der Waals surface area contributed by atoms with Crippen molar-refractivity contribution in [1.82, 2.24) is 9.80 Å². The molecule has 1 aliphatic rings. The molecule has 0 aromatic carbocycles. The number of ether oxygens (including phenoxy) is 1. The number of hydrogen-bond donors (Lipinski definition) is 0. The largest absolute Gasteiger partial charge is 0.443 e. The third-order valence-electron chi connectivity index (χ3n) is 2.61. The molecular formula is C13H19F3N2O3. The minimum atomic E-state index is -4.70. The highest BCUT2D eigenvalue weighted by Gasteiger charge is 2.53. The molecule has 0 saturated carbocycles. The summed E-state index contributed by atoms with van der Waals surface area (Å²) in [6, 6.07) is 0. The first-order chi connectivity index (χ1) is 9.33. The summed E-state index contributed by atoms with van der Waals surface area (Å²) in [6.07, 6.45) is -4.47. The zero-order chi connectivity index (χ0) is 16.6. The molecule has 0 aromatic rings. The third-order valence-corrected chi connectivity index (χ3v) is 2.61. The second kappa shape index (κ2) is 5.57. The van der Waals surface area contributed by atoms with E-state index in [4.69, 9.17) is 4.74 Å². The molecule has 5 nitrogen and oxygen atoms in total. The van der Waals surface area contributed by atoms with E-state index < -0.39 is 36.1 Å². The number of carbonyl (C=O) groups is 2. The fourth-order valence-corrected chi connectivity index (χ4v) is 1.80. The number of hydrogen-bond acceptors (Lipinski definition) is 4.